The van der Waals surface area contributed by atoms with Crippen molar-refractivity contribution >= 4 is 5.91 Å². The molecule has 1 amide bonds. The molecule has 0 saturated carbocycles. The third-order valence-corrected chi connectivity index (χ3v) is 14.4. The molecule has 0 aromatic rings. The van der Waals surface area contributed by atoms with Crippen LogP contribution in [0.2, 0.25) is 0 Å². The number of hydrogen-bond donors (Lipinski definition) is 3. The number of hydrogen-bond acceptors (Lipinski definition) is 3. The van der Waals surface area contributed by atoms with E-state index in [1.54, 1.807) is 0 Å². The maximum Gasteiger partial charge on any atom is 0.220 e. The number of allylic oxidation sites excluding steroid dienone is 6. The Bertz CT molecular complexity index is 1020. The summed E-state index contributed by atoms with van der Waals surface area (Å²) in [6.07, 6.45) is 80.1. The molecular formula is C63H121NO3. The van der Waals surface area contributed by atoms with Crippen molar-refractivity contribution < 1.29 is 15.0 Å². The average Bonchev–Trinajstić information content (AvgIpc) is 3.33. The highest BCUT2D eigenvalue weighted by molar-refractivity contribution is 5.76. The quantitative estimate of drug-likeness (QED) is 0.0420. The molecule has 67 heavy (non-hydrogen) atoms. The van der Waals surface area contributed by atoms with Crippen LogP contribution >= 0.6 is 0 Å². The number of unbranched alkanes of at least 4 members (excludes halogenated alkanes) is 44. The molecule has 0 aliphatic rings. The first-order valence-electron chi connectivity index (χ1n) is 30.7. The highest BCUT2D eigenvalue weighted by atomic mass is 16.3. The monoisotopic (exact) mass is 940 g/mol. The van der Waals surface area contributed by atoms with Gasteiger partial charge in [-0.25, -0.2) is 0 Å². The summed E-state index contributed by atoms with van der Waals surface area (Å²) in [4.78, 5) is 12.5. The Kier molecular flexibility index (Phi) is 57.7. The van der Waals surface area contributed by atoms with Crippen LogP contribution in [-0.4, -0.2) is 34.9 Å². The lowest BCUT2D eigenvalue weighted by atomic mass is 10.0. The Morgan fingerprint density at radius 3 is 0.910 bits per heavy atom. The van der Waals surface area contributed by atoms with Crippen LogP contribution in [0.3, 0.4) is 0 Å². The molecule has 2 atom stereocenters. The summed E-state index contributed by atoms with van der Waals surface area (Å²) < 4.78 is 0. The van der Waals surface area contributed by atoms with Crippen molar-refractivity contribution in [2.75, 3.05) is 6.61 Å². The van der Waals surface area contributed by atoms with Crippen molar-refractivity contribution in [1.29, 1.82) is 0 Å². The minimum atomic E-state index is -0.662. The Morgan fingerprint density at radius 1 is 0.358 bits per heavy atom. The highest BCUT2D eigenvalue weighted by Gasteiger charge is 2.20. The van der Waals surface area contributed by atoms with Gasteiger partial charge in [0.15, 0.2) is 0 Å². The SMILES string of the molecule is CCCCCCC/C=C\C/C=C\C/C=C\CCCCCCCCCCCCCCC(=O)NC(CO)C(O)CCCCCCCCCCCCCCCCCCCCCCCCCCCCCC. The van der Waals surface area contributed by atoms with Crippen molar-refractivity contribution in [2.45, 2.75) is 353 Å². The van der Waals surface area contributed by atoms with Crippen LogP contribution in [0, 0.1) is 0 Å². The summed E-state index contributed by atoms with van der Waals surface area (Å²) in [5, 5.41) is 23.4. The van der Waals surface area contributed by atoms with Crippen molar-refractivity contribution in [1.82, 2.24) is 5.32 Å². The lowest BCUT2D eigenvalue weighted by molar-refractivity contribution is -0.123. The number of aliphatic hydroxyl groups excluding tert-OH is 2. The van der Waals surface area contributed by atoms with Gasteiger partial charge in [0.25, 0.3) is 0 Å². The van der Waals surface area contributed by atoms with E-state index in [0.29, 0.717) is 12.8 Å². The fraction of sp³-hybridized carbons (Fsp3) is 0.889. The van der Waals surface area contributed by atoms with Crippen molar-refractivity contribution in [2.24, 2.45) is 0 Å². The fourth-order valence-corrected chi connectivity index (χ4v) is 9.73. The first-order valence-corrected chi connectivity index (χ1v) is 30.7. The Labute approximate surface area is 421 Å². The summed E-state index contributed by atoms with van der Waals surface area (Å²) >= 11 is 0. The van der Waals surface area contributed by atoms with Gasteiger partial charge in [-0.1, -0.05) is 320 Å². The molecule has 0 fully saturated rings. The number of amides is 1. The zero-order chi connectivity index (χ0) is 48.5. The van der Waals surface area contributed by atoms with Crippen LogP contribution in [-0.2, 0) is 4.79 Å². The normalized spacial score (nSPS) is 13.0. The van der Waals surface area contributed by atoms with Gasteiger partial charge in [0, 0.05) is 6.42 Å². The largest absolute Gasteiger partial charge is 0.394 e. The molecule has 396 valence electrons. The Balaban J connectivity index is 3.44. The van der Waals surface area contributed by atoms with Gasteiger partial charge >= 0.3 is 0 Å². The smallest absolute Gasteiger partial charge is 0.220 e. The molecule has 0 aliphatic heterocycles. The number of rotatable bonds is 57. The second kappa shape index (κ2) is 58.9. The summed E-state index contributed by atoms with van der Waals surface area (Å²) in [5.74, 6) is -0.0286. The van der Waals surface area contributed by atoms with E-state index in [-0.39, 0.29) is 12.5 Å². The van der Waals surface area contributed by atoms with Crippen molar-refractivity contribution in [3.63, 3.8) is 0 Å². The lowest BCUT2D eigenvalue weighted by Crippen LogP contribution is -2.45. The van der Waals surface area contributed by atoms with Crippen molar-refractivity contribution in [3.8, 4) is 0 Å². The van der Waals surface area contributed by atoms with Crippen LogP contribution in [0.1, 0.15) is 341 Å². The average molecular weight is 941 g/mol. The molecule has 0 heterocycles. The van der Waals surface area contributed by atoms with Gasteiger partial charge in [-0.3, -0.25) is 4.79 Å². The molecule has 0 rings (SSSR count). The van der Waals surface area contributed by atoms with Crippen LogP contribution < -0.4 is 5.32 Å². The van der Waals surface area contributed by atoms with E-state index in [1.807, 2.05) is 0 Å². The van der Waals surface area contributed by atoms with E-state index in [4.69, 9.17) is 0 Å². The molecule has 4 nitrogen and oxygen atoms in total. The van der Waals surface area contributed by atoms with Gasteiger partial charge < -0.3 is 15.5 Å². The second-order valence-electron chi connectivity index (χ2n) is 21.1. The second-order valence-corrected chi connectivity index (χ2v) is 21.1. The van der Waals surface area contributed by atoms with Gasteiger partial charge in [-0.05, 0) is 51.4 Å². The van der Waals surface area contributed by atoms with E-state index in [9.17, 15) is 15.0 Å². The summed E-state index contributed by atoms with van der Waals surface area (Å²) in [5.41, 5.74) is 0. The van der Waals surface area contributed by atoms with Crippen LogP contribution in [0.25, 0.3) is 0 Å². The van der Waals surface area contributed by atoms with Crippen LogP contribution in [0.4, 0.5) is 0 Å². The Hall–Kier alpha value is -1.39. The van der Waals surface area contributed by atoms with Gasteiger partial charge in [-0.2, -0.15) is 0 Å². The first kappa shape index (κ1) is 65.6. The standard InChI is InChI=1S/C63H121NO3/c1-3-5-7-9-11-13-15-17-19-21-23-25-27-29-31-33-34-36-38-40-42-44-46-48-50-52-54-56-58-62(66)61(60-65)64-63(67)59-57-55-53-51-49-47-45-43-41-39-37-35-32-30-28-26-24-22-20-18-16-14-12-10-8-6-4-2/h16,18,22,24,28,30,61-62,65-66H,3-15,17,19-21,23,25-27,29,31-60H2,1-2H3,(H,64,67)/b18-16-,24-22-,30-28-. The van der Waals surface area contributed by atoms with Gasteiger partial charge in [-0.15, -0.1) is 0 Å². The molecule has 3 N–H and O–H groups in total. The van der Waals surface area contributed by atoms with Gasteiger partial charge in [0.2, 0.25) is 5.91 Å². The Morgan fingerprint density at radius 2 is 0.612 bits per heavy atom. The van der Waals surface area contributed by atoms with E-state index in [0.717, 1.165) is 38.5 Å². The minimum absolute atomic E-state index is 0.0286. The number of aliphatic hydroxyl groups is 2. The number of carbonyl (C=O) groups excluding carboxylic acids is 1. The zero-order valence-corrected chi connectivity index (χ0v) is 45.7. The first-order chi connectivity index (χ1) is 33.2. The van der Waals surface area contributed by atoms with E-state index in [1.165, 1.54) is 276 Å². The van der Waals surface area contributed by atoms with Crippen molar-refractivity contribution in [3.05, 3.63) is 36.5 Å². The topological polar surface area (TPSA) is 69.6 Å². The third-order valence-electron chi connectivity index (χ3n) is 14.4. The van der Waals surface area contributed by atoms with Gasteiger partial charge in [0.1, 0.15) is 0 Å². The minimum Gasteiger partial charge on any atom is -0.394 e. The molecular weight excluding hydrogens is 819 g/mol. The van der Waals surface area contributed by atoms with Gasteiger partial charge in [0.05, 0.1) is 18.8 Å². The molecule has 0 radical (unpaired) electrons. The third kappa shape index (κ3) is 55.4. The van der Waals surface area contributed by atoms with Crippen LogP contribution in [0.5, 0.6) is 0 Å². The summed E-state index contributed by atoms with van der Waals surface area (Å²) in [6.45, 7) is 4.38. The fourth-order valence-electron chi connectivity index (χ4n) is 9.73. The van der Waals surface area contributed by atoms with E-state index >= 15 is 0 Å². The molecule has 0 aromatic carbocycles. The molecule has 0 aromatic heterocycles. The molecule has 0 bridgehead atoms. The molecule has 0 saturated heterocycles. The van der Waals surface area contributed by atoms with E-state index < -0.39 is 12.1 Å². The zero-order valence-electron chi connectivity index (χ0n) is 45.7. The lowest BCUT2D eigenvalue weighted by Gasteiger charge is -2.22. The summed E-state index contributed by atoms with van der Waals surface area (Å²) in [7, 11) is 0. The number of carbonyl (C=O) groups is 1. The maximum absolute atomic E-state index is 12.5. The van der Waals surface area contributed by atoms with Crippen LogP contribution in [0.15, 0.2) is 36.5 Å². The van der Waals surface area contributed by atoms with E-state index in [2.05, 4.69) is 55.6 Å². The molecule has 0 spiro atoms. The number of nitrogens with one attached hydrogen (secondary N) is 1. The predicted molar refractivity (Wildman–Crippen MR) is 299 cm³/mol. The molecule has 4 heteroatoms. The molecule has 2 unspecified atom stereocenters. The molecule has 0 aliphatic carbocycles. The maximum atomic E-state index is 12.5. The highest BCUT2D eigenvalue weighted by Crippen LogP contribution is 2.18. The predicted octanol–water partition coefficient (Wildman–Crippen LogP) is 20.4. The summed E-state index contributed by atoms with van der Waals surface area (Å²) in [6, 6.07) is -0.539.